The second-order valence-electron chi connectivity index (χ2n) is 3.78. The Morgan fingerprint density at radius 3 is 2.37 bits per heavy atom. The van der Waals surface area contributed by atoms with Crippen molar-refractivity contribution in [3.05, 3.63) is 24.3 Å². The van der Waals surface area contributed by atoms with Gasteiger partial charge >= 0.3 is 5.76 Å². The van der Waals surface area contributed by atoms with Gasteiger partial charge in [-0.05, 0) is 19.1 Å². The van der Waals surface area contributed by atoms with E-state index in [1.54, 1.807) is 0 Å². The minimum atomic E-state index is -4.71. The number of para-hydroxylation sites is 1. The van der Waals surface area contributed by atoms with Crippen molar-refractivity contribution in [1.82, 2.24) is 5.32 Å². The molecule has 2 N–H and O–H groups in total. The lowest BCUT2D eigenvalue weighted by atomic mass is 10.2. The maximum Gasteiger partial charge on any atom is 0.341 e. The van der Waals surface area contributed by atoms with Crippen molar-refractivity contribution in [1.29, 1.82) is 0 Å². The van der Waals surface area contributed by atoms with Gasteiger partial charge in [-0.3, -0.25) is 4.79 Å². The lowest BCUT2D eigenvalue weighted by molar-refractivity contribution is -0.121. The van der Waals surface area contributed by atoms with Gasteiger partial charge in [0.1, 0.15) is 6.04 Å². The first-order valence-electron chi connectivity index (χ1n) is 5.40. The molecule has 0 aliphatic heterocycles. The van der Waals surface area contributed by atoms with Crippen LogP contribution in [0.5, 0.6) is 0 Å². The van der Waals surface area contributed by atoms with E-state index in [4.69, 9.17) is 0 Å². The van der Waals surface area contributed by atoms with Gasteiger partial charge in [0.05, 0.1) is 10.6 Å². The summed E-state index contributed by atoms with van der Waals surface area (Å²) in [5.74, 6) is -3.89. The van der Waals surface area contributed by atoms with E-state index in [1.807, 2.05) is 0 Å². The molecule has 0 saturated heterocycles. The van der Waals surface area contributed by atoms with Crippen LogP contribution < -0.4 is 10.6 Å². The number of hydrogen-bond donors (Lipinski definition) is 2. The first kappa shape index (κ1) is 15.4. The number of anilines is 1. The average Bonchev–Trinajstić information content (AvgIpc) is 2.37. The fraction of sp³-hybridized carbons (Fsp3) is 0.364. The minimum absolute atomic E-state index is 0.0288. The Kier molecular flexibility index (Phi) is 4.82. The number of benzene rings is 1. The van der Waals surface area contributed by atoms with Crippen molar-refractivity contribution in [2.24, 2.45) is 0 Å². The largest absolute Gasteiger partial charge is 0.373 e. The van der Waals surface area contributed by atoms with Crippen molar-refractivity contribution in [3.8, 4) is 0 Å². The zero-order chi connectivity index (χ0) is 14.6. The number of nitrogens with one attached hydrogen (secondary N) is 2. The molecule has 0 aromatic heterocycles. The number of sulfone groups is 1. The van der Waals surface area contributed by atoms with E-state index in [2.05, 4.69) is 10.6 Å². The zero-order valence-corrected chi connectivity index (χ0v) is 11.2. The van der Waals surface area contributed by atoms with Crippen molar-refractivity contribution >= 4 is 21.4 Å². The molecular weight excluding hydrogens is 278 g/mol. The molecule has 1 amide bonds. The summed E-state index contributed by atoms with van der Waals surface area (Å²) < 4.78 is 48.1. The quantitative estimate of drug-likeness (QED) is 0.856. The molecule has 5 nitrogen and oxygen atoms in total. The normalized spacial score (nSPS) is 13.1. The molecule has 1 aromatic rings. The van der Waals surface area contributed by atoms with E-state index < -0.39 is 26.5 Å². The number of rotatable bonds is 5. The van der Waals surface area contributed by atoms with E-state index >= 15 is 0 Å². The Bertz CT molecular complexity index is 561. The lowest BCUT2D eigenvalue weighted by Crippen LogP contribution is -2.35. The average molecular weight is 292 g/mol. The molecule has 1 aromatic carbocycles. The second-order valence-corrected chi connectivity index (χ2v) is 5.67. The predicted molar refractivity (Wildman–Crippen MR) is 66.8 cm³/mol. The molecule has 0 heterocycles. The standard InChI is InChI=1S/C11H14F2N2O3S/c1-7(10(16)14-2)15-8-5-3-4-6-9(8)19(17,18)11(12)13/h3-7,11,15H,1-2H3,(H,14,16). The van der Waals surface area contributed by atoms with E-state index in [0.29, 0.717) is 0 Å². The maximum absolute atomic E-state index is 12.5. The topological polar surface area (TPSA) is 75.3 Å². The number of carbonyl (C=O) groups excluding carboxylic acids is 1. The van der Waals surface area contributed by atoms with Gasteiger partial charge in [0.2, 0.25) is 15.7 Å². The fourth-order valence-electron chi connectivity index (χ4n) is 1.45. The van der Waals surface area contributed by atoms with Crippen LogP contribution in [-0.2, 0) is 14.6 Å². The highest BCUT2D eigenvalue weighted by Crippen LogP contribution is 2.26. The van der Waals surface area contributed by atoms with Gasteiger partial charge in [-0.15, -0.1) is 0 Å². The zero-order valence-electron chi connectivity index (χ0n) is 10.4. The first-order chi connectivity index (χ1) is 8.80. The third-order valence-electron chi connectivity index (χ3n) is 2.44. The third kappa shape index (κ3) is 3.40. The van der Waals surface area contributed by atoms with Gasteiger partial charge in [0.25, 0.3) is 0 Å². The number of carbonyl (C=O) groups is 1. The van der Waals surface area contributed by atoms with Crippen LogP contribution in [0.15, 0.2) is 29.2 Å². The molecular formula is C11H14F2N2O3S. The molecule has 1 unspecified atom stereocenters. The van der Waals surface area contributed by atoms with Crippen molar-refractivity contribution in [3.63, 3.8) is 0 Å². The van der Waals surface area contributed by atoms with Gasteiger partial charge in [-0.1, -0.05) is 12.1 Å². The van der Waals surface area contributed by atoms with Crippen LogP contribution in [0.2, 0.25) is 0 Å². The highest BCUT2D eigenvalue weighted by molar-refractivity contribution is 7.91. The molecule has 106 valence electrons. The van der Waals surface area contributed by atoms with E-state index in [1.165, 1.54) is 32.2 Å². The molecule has 1 rings (SSSR count). The molecule has 8 heteroatoms. The Labute approximate surface area is 109 Å². The molecule has 0 spiro atoms. The molecule has 1 atom stereocenters. The van der Waals surface area contributed by atoms with Crippen LogP contribution in [-0.4, -0.2) is 33.2 Å². The summed E-state index contributed by atoms with van der Waals surface area (Å²) in [7, 11) is -3.29. The summed E-state index contributed by atoms with van der Waals surface area (Å²) in [6.45, 7) is 1.49. The molecule has 19 heavy (non-hydrogen) atoms. The van der Waals surface area contributed by atoms with E-state index in [9.17, 15) is 22.0 Å². The van der Waals surface area contributed by atoms with Gasteiger partial charge in [0.15, 0.2) is 0 Å². The van der Waals surface area contributed by atoms with Crippen LogP contribution in [0.1, 0.15) is 6.92 Å². The van der Waals surface area contributed by atoms with Crippen LogP contribution >= 0.6 is 0 Å². The van der Waals surface area contributed by atoms with E-state index in [-0.39, 0.29) is 11.6 Å². The molecule has 0 aliphatic carbocycles. The minimum Gasteiger partial charge on any atom is -0.373 e. The second kappa shape index (κ2) is 5.96. The predicted octanol–water partition coefficient (Wildman–Crippen LogP) is 1.23. The lowest BCUT2D eigenvalue weighted by Gasteiger charge is -2.16. The number of halogens is 2. The summed E-state index contributed by atoms with van der Waals surface area (Å²) in [6, 6.07) is 4.47. The summed E-state index contributed by atoms with van der Waals surface area (Å²) in [5.41, 5.74) is -0.0288. The number of alkyl halides is 2. The number of hydrogen-bond acceptors (Lipinski definition) is 4. The van der Waals surface area contributed by atoms with Crippen molar-refractivity contribution in [2.75, 3.05) is 12.4 Å². The fourth-order valence-corrected chi connectivity index (χ4v) is 2.34. The summed E-state index contributed by atoms with van der Waals surface area (Å²) in [5, 5.41) is 4.96. The summed E-state index contributed by atoms with van der Waals surface area (Å²) >= 11 is 0. The van der Waals surface area contributed by atoms with Crippen molar-refractivity contribution in [2.45, 2.75) is 23.6 Å². The van der Waals surface area contributed by atoms with Crippen molar-refractivity contribution < 1.29 is 22.0 Å². The SMILES string of the molecule is CNC(=O)C(C)Nc1ccccc1S(=O)(=O)C(F)F. The third-order valence-corrected chi connectivity index (χ3v) is 3.88. The van der Waals surface area contributed by atoms with Gasteiger partial charge in [-0.2, -0.15) is 8.78 Å². The Balaban J connectivity index is 3.14. The number of likely N-dealkylation sites (N-methyl/N-ethyl adjacent to an activating group) is 1. The highest BCUT2D eigenvalue weighted by atomic mass is 32.2. The smallest absolute Gasteiger partial charge is 0.341 e. The monoisotopic (exact) mass is 292 g/mol. The van der Waals surface area contributed by atoms with Crippen LogP contribution in [0.3, 0.4) is 0 Å². The van der Waals surface area contributed by atoms with Gasteiger partial charge in [0, 0.05) is 7.05 Å². The van der Waals surface area contributed by atoms with Crippen LogP contribution in [0.25, 0.3) is 0 Å². The summed E-state index contributed by atoms with van der Waals surface area (Å²) in [4.78, 5) is 10.8. The Morgan fingerprint density at radius 2 is 1.84 bits per heavy atom. The molecule has 0 saturated carbocycles. The number of amides is 1. The summed E-state index contributed by atoms with van der Waals surface area (Å²) in [6.07, 6.45) is 0. The van der Waals surface area contributed by atoms with E-state index in [0.717, 1.165) is 6.07 Å². The van der Waals surface area contributed by atoms with Crippen LogP contribution in [0.4, 0.5) is 14.5 Å². The molecule has 0 bridgehead atoms. The van der Waals surface area contributed by atoms with Gasteiger partial charge in [-0.25, -0.2) is 8.42 Å². The van der Waals surface area contributed by atoms with Gasteiger partial charge < -0.3 is 10.6 Å². The highest BCUT2D eigenvalue weighted by Gasteiger charge is 2.29. The molecule has 0 radical (unpaired) electrons. The molecule has 0 aliphatic rings. The van der Waals surface area contributed by atoms with Crippen LogP contribution in [0, 0.1) is 0 Å². The first-order valence-corrected chi connectivity index (χ1v) is 6.94. The Morgan fingerprint density at radius 1 is 1.26 bits per heavy atom. The molecule has 0 fully saturated rings. The maximum atomic E-state index is 12.5. The Hall–Kier alpha value is -1.70.